The third-order valence-electron chi connectivity index (χ3n) is 4.08. The summed E-state index contributed by atoms with van der Waals surface area (Å²) >= 11 is 1.84. The van der Waals surface area contributed by atoms with E-state index in [-0.39, 0.29) is 17.6 Å². The first-order valence-corrected chi connectivity index (χ1v) is 8.86. The SMILES string of the molecule is Cc1ccc(C2CSCCN2C(=O)c2ccc(C(=O)O)nc2)cc1. The van der Waals surface area contributed by atoms with Gasteiger partial charge in [-0.2, -0.15) is 11.8 Å². The summed E-state index contributed by atoms with van der Waals surface area (Å²) in [7, 11) is 0. The fourth-order valence-electron chi connectivity index (χ4n) is 2.72. The molecule has 0 spiro atoms. The summed E-state index contributed by atoms with van der Waals surface area (Å²) in [6.07, 6.45) is 1.35. The first-order chi connectivity index (χ1) is 11.6. The van der Waals surface area contributed by atoms with Gasteiger partial charge in [-0.25, -0.2) is 9.78 Å². The number of benzene rings is 1. The lowest BCUT2D eigenvalue weighted by atomic mass is 10.0. The van der Waals surface area contributed by atoms with Crippen LogP contribution in [-0.4, -0.2) is 44.9 Å². The summed E-state index contributed by atoms with van der Waals surface area (Å²) in [6, 6.07) is 11.2. The van der Waals surface area contributed by atoms with E-state index in [1.165, 1.54) is 23.9 Å². The fraction of sp³-hybridized carbons (Fsp3) is 0.278. The number of aromatic carboxylic acids is 1. The van der Waals surface area contributed by atoms with E-state index in [1.807, 2.05) is 23.6 Å². The lowest BCUT2D eigenvalue weighted by Crippen LogP contribution is -2.40. The van der Waals surface area contributed by atoms with Gasteiger partial charge in [0.05, 0.1) is 11.6 Å². The average Bonchev–Trinajstić information content (AvgIpc) is 2.62. The standard InChI is InChI=1S/C18H18N2O3S/c1-12-2-4-13(5-3-12)16-11-24-9-8-20(16)17(21)14-6-7-15(18(22)23)19-10-14/h2-7,10,16H,8-9,11H2,1H3,(H,22,23). The van der Waals surface area contributed by atoms with Gasteiger partial charge in [0.25, 0.3) is 5.91 Å². The van der Waals surface area contributed by atoms with Crippen LogP contribution in [0.15, 0.2) is 42.6 Å². The molecule has 1 amide bonds. The topological polar surface area (TPSA) is 70.5 Å². The van der Waals surface area contributed by atoms with Gasteiger partial charge < -0.3 is 10.0 Å². The Bertz CT molecular complexity index is 744. The van der Waals surface area contributed by atoms with E-state index in [9.17, 15) is 9.59 Å². The van der Waals surface area contributed by atoms with E-state index in [4.69, 9.17) is 5.11 Å². The number of rotatable bonds is 3. The predicted octanol–water partition coefficient (Wildman–Crippen LogP) is 3.02. The van der Waals surface area contributed by atoms with Gasteiger partial charge in [-0.3, -0.25) is 4.79 Å². The molecule has 2 aromatic rings. The fourth-order valence-corrected chi connectivity index (χ4v) is 3.81. The summed E-state index contributed by atoms with van der Waals surface area (Å²) in [5, 5.41) is 8.92. The number of aryl methyl sites for hydroxylation is 1. The molecule has 2 heterocycles. The number of thioether (sulfide) groups is 1. The zero-order chi connectivity index (χ0) is 17.1. The summed E-state index contributed by atoms with van der Waals surface area (Å²) < 4.78 is 0. The normalized spacial score (nSPS) is 17.5. The van der Waals surface area contributed by atoms with Crippen molar-refractivity contribution in [3.8, 4) is 0 Å². The van der Waals surface area contributed by atoms with Gasteiger partial charge in [-0.15, -0.1) is 0 Å². The Hall–Kier alpha value is -2.34. The van der Waals surface area contributed by atoms with E-state index in [0.717, 1.165) is 17.1 Å². The lowest BCUT2D eigenvalue weighted by Gasteiger charge is -2.35. The lowest BCUT2D eigenvalue weighted by molar-refractivity contribution is 0.0679. The van der Waals surface area contributed by atoms with Crippen molar-refractivity contribution in [2.45, 2.75) is 13.0 Å². The first-order valence-electron chi connectivity index (χ1n) is 7.71. The van der Waals surface area contributed by atoms with Crippen molar-refractivity contribution in [2.75, 3.05) is 18.1 Å². The van der Waals surface area contributed by atoms with Crippen molar-refractivity contribution >= 4 is 23.6 Å². The summed E-state index contributed by atoms with van der Waals surface area (Å²) in [5.41, 5.74) is 2.67. The minimum absolute atomic E-state index is 0.0241. The number of carbonyl (C=O) groups excluding carboxylic acids is 1. The molecule has 0 aliphatic carbocycles. The van der Waals surface area contributed by atoms with Crippen LogP contribution in [0.5, 0.6) is 0 Å². The molecule has 3 rings (SSSR count). The molecule has 124 valence electrons. The Kier molecular flexibility index (Phi) is 4.85. The molecule has 0 bridgehead atoms. The van der Waals surface area contributed by atoms with Crippen LogP contribution in [0.25, 0.3) is 0 Å². The maximum absolute atomic E-state index is 12.9. The van der Waals surface area contributed by atoms with Gasteiger partial charge in [-0.1, -0.05) is 29.8 Å². The van der Waals surface area contributed by atoms with E-state index in [1.54, 1.807) is 0 Å². The Morgan fingerprint density at radius 2 is 1.96 bits per heavy atom. The van der Waals surface area contributed by atoms with Crippen molar-refractivity contribution in [3.63, 3.8) is 0 Å². The van der Waals surface area contributed by atoms with Gasteiger partial charge in [-0.05, 0) is 24.6 Å². The highest BCUT2D eigenvalue weighted by Gasteiger charge is 2.29. The van der Waals surface area contributed by atoms with Gasteiger partial charge in [0.15, 0.2) is 0 Å². The van der Waals surface area contributed by atoms with Crippen LogP contribution in [0.4, 0.5) is 0 Å². The first kappa shape index (κ1) is 16.5. The molecular weight excluding hydrogens is 324 g/mol. The number of carbonyl (C=O) groups is 2. The molecule has 1 aromatic carbocycles. The quantitative estimate of drug-likeness (QED) is 0.928. The molecule has 0 saturated carbocycles. The van der Waals surface area contributed by atoms with Crippen LogP contribution in [0.2, 0.25) is 0 Å². The highest BCUT2D eigenvalue weighted by Crippen LogP contribution is 2.31. The summed E-state index contributed by atoms with van der Waals surface area (Å²) in [4.78, 5) is 29.5. The Morgan fingerprint density at radius 3 is 2.58 bits per heavy atom. The predicted molar refractivity (Wildman–Crippen MR) is 93.5 cm³/mol. The van der Waals surface area contributed by atoms with Crippen molar-refractivity contribution in [3.05, 3.63) is 65.0 Å². The third-order valence-corrected chi connectivity index (χ3v) is 5.10. The molecule has 0 radical (unpaired) electrons. The van der Waals surface area contributed by atoms with Gasteiger partial charge in [0.1, 0.15) is 5.69 Å². The van der Waals surface area contributed by atoms with Crippen LogP contribution in [0.3, 0.4) is 0 Å². The minimum atomic E-state index is -1.10. The van der Waals surface area contributed by atoms with E-state index in [0.29, 0.717) is 12.1 Å². The molecule has 1 aliphatic rings. The van der Waals surface area contributed by atoms with E-state index >= 15 is 0 Å². The van der Waals surface area contributed by atoms with Crippen molar-refractivity contribution in [2.24, 2.45) is 0 Å². The maximum atomic E-state index is 12.9. The monoisotopic (exact) mass is 342 g/mol. The second-order valence-electron chi connectivity index (χ2n) is 5.74. The third kappa shape index (κ3) is 3.43. The van der Waals surface area contributed by atoms with Crippen LogP contribution < -0.4 is 0 Å². The van der Waals surface area contributed by atoms with Crippen LogP contribution in [0.1, 0.15) is 38.0 Å². The zero-order valence-electron chi connectivity index (χ0n) is 13.3. The van der Waals surface area contributed by atoms with Crippen molar-refractivity contribution in [1.29, 1.82) is 0 Å². The molecule has 1 aromatic heterocycles. The Balaban J connectivity index is 1.85. The smallest absolute Gasteiger partial charge is 0.354 e. The molecule has 1 N–H and O–H groups in total. The number of nitrogens with zero attached hydrogens (tertiary/aromatic N) is 2. The van der Waals surface area contributed by atoms with Gasteiger partial charge in [0, 0.05) is 24.2 Å². The molecule has 1 unspecified atom stereocenters. The van der Waals surface area contributed by atoms with E-state index in [2.05, 4.69) is 29.2 Å². The Labute approximate surface area is 144 Å². The largest absolute Gasteiger partial charge is 0.477 e. The summed E-state index contributed by atoms with van der Waals surface area (Å²) in [5.74, 6) is 0.552. The van der Waals surface area contributed by atoms with Crippen LogP contribution in [-0.2, 0) is 0 Å². The number of carboxylic acids is 1. The minimum Gasteiger partial charge on any atom is -0.477 e. The number of carboxylic acid groups (broad SMARTS) is 1. The van der Waals surface area contributed by atoms with Gasteiger partial charge in [0.2, 0.25) is 0 Å². The zero-order valence-corrected chi connectivity index (χ0v) is 14.1. The molecule has 1 fully saturated rings. The van der Waals surface area contributed by atoms with E-state index < -0.39 is 5.97 Å². The number of pyridine rings is 1. The molecule has 1 atom stereocenters. The maximum Gasteiger partial charge on any atom is 0.354 e. The highest BCUT2D eigenvalue weighted by molar-refractivity contribution is 7.99. The average molecular weight is 342 g/mol. The molecule has 5 nitrogen and oxygen atoms in total. The van der Waals surface area contributed by atoms with Gasteiger partial charge >= 0.3 is 5.97 Å². The van der Waals surface area contributed by atoms with Crippen LogP contribution >= 0.6 is 11.8 Å². The second-order valence-corrected chi connectivity index (χ2v) is 6.89. The summed E-state index contributed by atoms with van der Waals surface area (Å²) in [6.45, 7) is 2.71. The van der Waals surface area contributed by atoms with Crippen molar-refractivity contribution in [1.82, 2.24) is 9.88 Å². The second kappa shape index (κ2) is 7.05. The molecular formula is C18H18N2O3S. The molecule has 24 heavy (non-hydrogen) atoms. The van der Waals surface area contributed by atoms with Crippen LogP contribution in [0, 0.1) is 6.92 Å². The molecule has 6 heteroatoms. The highest BCUT2D eigenvalue weighted by atomic mass is 32.2. The number of aromatic nitrogens is 1. The molecule has 1 aliphatic heterocycles. The van der Waals surface area contributed by atoms with Crippen molar-refractivity contribution < 1.29 is 14.7 Å². The number of hydrogen-bond acceptors (Lipinski definition) is 4. The number of amides is 1. The number of hydrogen-bond donors (Lipinski definition) is 1. The Morgan fingerprint density at radius 1 is 1.21 bits per heavy atom. The molecule has 1 saturated heterocycles.